The molecule has 0 nitrogen and oxygen atoms in total. The van der Waals surface area contributed by atoms with Gasteiger partial charge in [0.05, 0.1) is 0 Å². The molecule has 0 radical (unpaired) electrons. The Balaban J connectivity index is 3.01. The summed E-state index contributed by atoms with van der Waals surface area (Å²) in [5.41, 5.74) is 3.35. The molecule has 0 saturated carbocycles. The average molecular weight is 190 g/mol. The standard InChI is InChI=1S/C14H22/c1-7-12-8-9-14(6,10-11(12)2)13(3,4)5/h7-9H,1,10H2,2-6H3. The zero-order valence-electron chi connectivity index (χ0n) is 10.1. The van der Waals surface area contributed by atoms with Crippen LogP contribution in [0.25, 0.3) is 0 Å². The van der Waals surface area contributed by atoms with Crippen LogP contribution in [0.1, 0.15) is 41.0 Å². The van der Waals surface area contributed by atoms with Gasteiger partial charge in [-0.1, -0.05) is 58.1 Å². The molecule has 0 spiro atoms. The second kappa shape index (κ2) is 3.42. The van der Waals surface area contributed by atoms with E-state index in [0.29, 0.717) is 5.41 Å². The van der Waals surface area contributed by atoms with Crippen LogP contribution in [-0.2, 0) is 0 Å². The van der Waals surface area contributed by atoms with E-state index in [9.17, 15) is 0 Å². The van der Waals surface area contributed by atoms with E-state index in [1.165, 1.54) is 11.1 Å². The number of allylic oxidation sites excluding steroid dienone is 5. The van der Waals surface area contributed by atoms with Crippen LogP contribution in [0.3, 0.4) is 0 Å². The highest BCUT2D eigenvalue weighted by Gasteiger charge is 2.36. The van der Waals surface area contributed by atoms with Gasteiger partial charge >= 0.3 is 0 Å². The maximum atomic E-state index is 3.84. The highest BCUT2D eigenvalue weighted by molar-refractivity contribution is 5.39. The van der Waals surface area contributed by atoms with Crippen LogP contribution in [0.4, 0.5) is 0 Å². The Morgan fingerprint density at radius 2 is 2.00 bits per heavy atom. The van der Waals surface area contributed by atoms with Gasteiger partial charge in [0, 0.05) is 0 Å². The summed E-state index contributed by atoms with van der Waals surface area (Å²) in [6.45, 7) is 15.3. The average Bonchev–Trinajstić information content (AvgIpc) is 2.02. The van der Waals surface area contributed by atoms with Crippen molar-refractivity contribution in [1.82, 2.24) is 0 Å². The van der Waals surface area contributed by atoms with Gasteiger partial charge in [0.2, 0.25) is 0 Å². The van der Waals surface area contributed by atoms with E-state index in [4.69, 9.17) is 0 Å². The third kappa shape index (κ3) is 1.84. The summed E-state index contributed by atoms with van der Waals surface area (Å²) in [6.07, 6.45) is 7.66. The number of rotatable bonds is 1. The molecule has 1 aliphatic carbocycles. The van der Waals surface area contributed by atoms with Crippen LogP contribution in [-0.4, -0.2) is 0 Å². The molecule has 1 aliphatic rings. The first-order valence-corrected chi connectivity index (χ1v) is 5.31. The highest BCUT2D eigenvalue weighted by Crippen LogP contribution is 2.47. The van der Waals surface area contributed by atoms with Crippen LogP contribution in [0.2, 0.25) is 0 Å². The third-order valence-corrected chi connectivity index (χ3v) is 3.69. The molecule has 0 amide bonds. The molecule has 14 heavy (non-hydrogen) atoms. The van der Waals surface area contributed by atoms with Gasteiger partial charge in [-0.3, -0.25) is 0 Å². The predicted molar refractivity (Wildman–Crippen MR) is 64.2 cm³/mol. The summed E-state index contributed by atoms with van der Waals surface area (Å²) < 4.78 is 0. The zero-order valence-corrected chi connectivity index (χ0v) is 10.1. The normalized spacial score (nSPS) is 28.1. The molecule has 1 rings (SSSR count). The van der Waals surface area contributed by atoms with Crippen molar-refractivity contribution in [2.45, 2.75) is 41.0 Å². The Labute approximate surface area is 88.4 Å². The quantitative estimate of drug-likeness (QED) is 0.571. The Morgan fingerprint density at radius 3 is 2.36 bits per heavy atom. The van der Waals surface area contributed by atoms with Crippen LogP contribution in [0, 0.1) is 10.8 Å². The van der Waals surface area contributed by atoms with Gasteiger partial charge in [-0.25, -0.2) is 0 Å². The van der Waals surface area contributed by atoms with Crippen molar-refractivity contribution in [2.24, 2.45) is 10.8 Å². The minimum atomic E-state index is 0.281. The van der Waals surface area contributed by atoms with Crippen molar-refractivity contribution in [3.05, 3.63) is 36.0 Å². The lowest BCUT2D eigenvalue weighted by atomic mass is 9.62. The van der Waals surface area contributed by atoms with Crippen LogP contribution < -0.4 is 0 Å². The van der Waals surface area contributed by atoms with Gasteiger partial charge < -0.3 is 0 Å². The molecule has 0 heterocycles. The molecule has 1 atom stereocenters. The molecule has 0 aliphatic heterocycles. The lowest BCUT2D eigenvalue weighted by Gasteiger charge is -2.42. The molecule has 0 bridgehead atoms. The molecule has 0 aromatic carbocycles. The molecule has 0 fully saturated rings. The smallest absolute Gasteiger partial charge is 0.00574 e. The van der Waals surface area contributed by atoms with E-state index in [0.717, 1.165) is 6.42 Å². The zero-order chi connectivity index (χ0) is 11.0. The highest BCUT2D eigenvalue weighted by atomic mass is 14.4. The minimum absolute atomic E-state index is 0.281. The molecule has 0 heteroatoms. The second-order valence-electron chi connectivity index (χ2n) is 5.62. The van der Waals surface area contributed by atoms with Gasteiger partial charge in [0.15, 0.2) is 0 Å². The SMILES string of the molecule is C=CC1=C(C)CC(C)(C(C)(C)C)C=C1. The fourth-order valence-corrected chi connectivity index (χ4v) is 1.89. The van der Waals surface area contributed by atoms with Gasteiger partial charge in [0.1, 0.15) is 0 Å². The molecule has 0 aromatic rings. The van der Waals surface area contributed by atoms with E-state index in [2.05, 4.69) is 53.3 Å². The van der Waals surface area contributed by atoms with Crippen molar-refractivity contribution in [2.75, 3.05) is 0 Å². The summed E-state index contributed by atoms with van der Waals surface area (Å²) in [5, 5.41) is 0. The maximum absolute atomic E-state index is 3.84. The molecule has 0 aromatic heterocycles. The summed E-state index contributed by atoms with van der Waals surface area (Å²) in [7, 11) is 0. The first kappa shape index (κ1) is 11.3. The van der Waals surface area contributed by atoms with Crippen molar-refractivity contribution in [3.63, 3.8) is 0 Å². The van der Waals surface area contributed by atoms with E-state index in [1.807, 2.05) is 6.08 Å². The largest absolute Gasteiger partial charge is 0.0985 e. The molecule has 0 saturated heterocycles. The molecule has 1 unspecified atom stereocenters. The van der Waals surface area contributed by atoms with Gasteiger partial charge in [-0.15, -0.1) is 0 Å². The van der Waals surface area contributed by atoms with E-state index < -0.39 is 0 Å². The topological polar surface area (TPSA) is 0 Å². The van der Waals surface area contributed by atoms with Crippen molar-refractivity contribution >= 4 is 0 Å². The lowest BCUT2D eigenvalue weighted by Crippen LogP contribution is -2.32. The van der Waals surface area contributed by atoms with Crippen LogP contribution in [0.5, 0.6) is 0 Å². The number of hydrogen-bond donors (Lipinski definition) is 0. The van der Waals surface area contributed by atoms with E-state index in [-0.39, 0.29) is 5.41 Å². The molecular formula is C14H22. The summed E-state index contributed by atoms with van der Waals surface area (Å²) in [5.74, 6) is 0. The van der Waals surface area contributed by atoms with Gasteiger partial charge in [-0.05, 0) is 29.7 Å². The van der Waals surface area contributed by atoms with Crippen molar-refractivity contribution in [1.29, 1.82) is 0 Å². The molecule has 0 N–H and O–H groups in total. The Morgan fingerprint density at radius 1 is 1.43 bits per heavy atom. The Bertz CT molecular complexity index is 296. The first-order chi connectivity index (χ1) is 6.30. The summed E-state index contributed by atoms with van der Waals surface area (Å²) >= 11 is 0. The summed E-state index contributed by atoms with van der Waals surface area (Å²) in [4.78, 5) is 0. The van der Waals surface area contributed by atoms with Crippen LogP contribution in [0.15, 0.2) is 36.0 Å². The summed E-state index contributed by atoms with van der Waals surface area (Å²) in [6, 6.07) is 0. The molecular weight excluding hydrogens is 168 g/mol. The van der Waals surface area contributed by atoms with Crippen LogP contribution >= 0.6 is 0 Å². The fraction of sp³-hybridized carbons (Fsp3) is 0.571. The first-order valence-electron chi connectivity index (χ1n) is 5.31. The minimum Gasteiger partial charge on any atom is -0.0985 e. The molecule has 78 valence electrons. The Hall–Kier alpha value is -0.780. The van der Waals surface area contributed by atoms with E-state index in [1.54, 1.807) is 0 Å². The second-order valence-corrected chi connectivity index (χ2v) is 5.62. The monoisotopic (exact) mass is 190 g/mol. The number of hydrogen-bond acceptors (Lipinski definition) is 0. The van der Waals surface area contributed by atoms with Gasteiger partial charge in [-0.2, -0.15) is 0 Å². The van der Waals surface area contributed by atoms with E-state index >= 15 is 0 Å². The predicted octanol–water partition coefficient (Wildman–Crippen LogP) is 4.50. The van der Waals surface area contributed by atoms with Crippen molar-refractivity contribution in [3.8, 4) is 0 Å². The van der Waals surface area contributed by atoms with Crippen molar-refractivity contribution < 1.29 is 0 Å². The van der Waals surface area contributed by atoms with Gasteiger partial charge in [0.25, 0.3) is 0 Å². The Kier molecular flexibility index (Phi) is 2.76. The third-order valence-electron chi connectivity index (χ3n) is 3.69. The lowest BCUT2D eigenvalue weighted by molar-refractivity contribution is 0.165. The fourth-order valence-electron chi connectivity index (χ4n) is 1.89. The maximum Gasteiger partial charge on any atom is -0.00574 e.